The van der Waals surface area contributed by atoms with Crippen LogP contribution in [-0.4, -0.2) is 4.57 Å². The van der Waals surface area contributed by atoms with Crippen LogP contribution in [0, 0.1) is 6.92 Å². The molecule has 1 aromatic rings. The highest BCUT2D eigenvalue weighted by Crippen LogP contribution is 2.13. The molecule has 1 heteroatoms. The molecule has 1 rings (SSSR count). The third-order valence-corrected chi connectivity index (χ3v) is 3.16. The van der Waals surface area contributed by atoms with E-state index in [9.17, 15) is 0 Å². The minimum Gasteiger partial charge on any atom is -0.351 e. The smallest absolute Gasteiger partial charge is 0.0222 e. The first-order valence-electron chi connectivity index (χ1n) is 6.93. The maximum absolute atomic E-state index is 2.47. The SMILES string of the molecule is CCCCCc1cc(C)cn1CCCCC. The van der Waals surface area contributed by atoms with E-state index >= 15 is 0 Å². The van der Waals surface area contributed by atoms with Crippen LogP contribution < -0.4 is 0 Å². The lowest BCUT2D eigenvalue weighted by molar-refractivity contribution is 0.575. The lowest BCUT2D eigenvalue weighted by Gasteiger charge is -2.08. The summed E-state index contributed by atoms with van der Waals surface area (Å²) in [7, 11) is 0. The lowest BCUT2D eigenvalue weighted by Crippen LogP contribution is -2.02. The van der Waals surface area contributed by atoms with E-state index in [0.717, 1.165) is 0 Å². The summed E-state index contributed by atoms with van der Waals surface area (Å²) in [4.78, 5) is 0. The number of nitrogens with zero attached hydrogens (tertiary/aromatic N) is 1. The Hall–Kier alpha value is -0.720. The van der Waals surface area contributed by atoms with Gasteiger partial charge in [0.15, 0.2) is 0 Å². The Labute approximate surface area is 101 Å². The highest BCUT2D eigenvalue weighted by molar-refractivity contribution is 5.17. The maximum Gasteiger partial charge on any atom is 0.0222 e. The minimum absolute atomic E-state index is 1.21. The van der Waals surface area contributed by atoms with Crippen molar-refractivity contribution in [2.24, 2.45) is 0 Å². The number of aryl methyl sites for hydroxylation is 3. The number of hydrogen-bond donors (Lipinski definition) is 0. The van der Waals surface area contributed by atoms with Crippen LogP contribution in [0.3, 0.4) is 0 Å². The molecule has 1 nitrogen and oxygen atoms in total. The van der Waals surface area contributed by atoms with E-state index in [0.29, 0.717) is 0 Å². The van der Waals surface area contributed by atoms with Gasteiger partial charge in [-0.3, -0.25) is 0 Å². The summed E-state index contributed by atoms with van der Waals surface area (Å²) in [5.74, 6) is 0. The fourth-order valence-corrected chi connectivity index (χ4v) is 2.22. The molecule has 0 radical (unpaired) electrons. The number of unbranched alkanes of at least 4 members (excludes halogenated alkanes) is 4. The second-order valence-electron chi connectivity index (χ2n) is 4.87. The van der Waals surface area contributed by atoms with Crippen LogP contribution in [0.5, 0.6) is 0 Å². The molecule has 16 heavy (non-hydrogen) atoms. The third kappa shape index (κ3) is 4.42. The van der Waals surface area contributed by atoms with Crippen LogP contribution in [0.1, 0.15) is 63.6 Å². The summed E-state index contributed by atoms with van der Waals surface area (Å²) in [6.07, 6.45) is 11.6. The first-order chi connectivity index (χ1) is 7.77. The van der Waals surface area contributed by atoms with Gasteiger partial charge < -0.3 is 4.57 Å². The first-order valence-corrected chi connectivity index (χ1v) is 6.93. The van der Waals surface area contributed by atoms with Gasteiger partial charge >= 0.3 is 0 Å². The average molecular weight is 221 g/mol. The van der Waals surface area contributed by atoms with E-state index in [2.05, 4.69) is 37.6 Å². The van der Waals surface area contributed by atoms with E-state index in [4.69, 9.17) is 0 Å². The van der Waals surface area contributed by atoms with Gasteiger partial charge in [-0.1, -0.05) is 39.5 Å². The van der Waals surface area contributed by atoms with E-state index in [-0.39, 0.29) is 0 Å². The van der Waals surface area contributed by atoms with Gasteiger partial charge in [0.1, 0.15) is 0 Å². The van der Waals surface area contributed by atoms with Crippen LogP contribution in [0.15, 0.2) is 12.3 Å². The molecular weight excluding hydrogens is 194 g/mol. The fourth-order valence-electron chi connectivity index (χ4n) is 2.22. The highest BCUT2D eigenvalue weighted by atomic mass is 15.0. The molecule has 1 heterocycles. The van der Waals surface area contributed by atoms with E-state index in [1.807, 2.05) is 0 Å². The van der Waals surface area contributed by atoms with Crippen LogP contribution >= 0.6 is 0 Å². The van der Waals surface area contributed by atoms with Crippen molar-refractivity contribution < 1.29 is 0 Å². The zero-order valence-corrected chi connectivity index (χ0v) is 11.3. The predicted octanol–water partition coefficient (Wildman–Crippen LogP) is 4.72. The van der Waals surface area contributed by atoms with E-state index < -0.39 is 0 Å². The molecule has 0 spiro atoms. The van der Waals surface area contributed by atoms with Crippen molar-refractivity contribution in [3.05, 3.63) is 23.5 Å². The number of hydrogen-bond acceptors (Lipinski definition) is 0. The molecular formula is C15H27N. The van der Waals surface area contributed by atoms with Crippen molar-refractivity contribution in [3.8, 4) is 0 Å². The Morgan fingerprint density at radius 2 is 1.69 bits per heavy atom. The van der Waals surface area contributed by atoms with Crippen LogP contribution in [0.2, 0.25) is 0 Å². The second-order valence-corrected chi connectivity index (χ2v) is 4.87. The zero-order chi connectivity index (χ0) is 11.8. The fraction of sp³-hybridized carbons (Fsp3) is 0.733. The van der Waals surface area contributed by atoms with E-state index in [1.54, 1.807) is 5.69 Å². The summed E-state index contributed by atoms with van der Waals surface area (Å²) >= 11 is 0. The van der Waals surface area contributed by atoms with Crippen LogP contribution in [0.4, 0.5) is 0 Å². The average Bonchev–Trinajstić information content (AvgIpc) is 2.60. The Morgan fingerprint density at radius 1 is 1.00 bits per heavy atom. The van der Waals surface area contributed by atoms with Crippen molar-refractivity contribution in [2.75, 3.05) is 0 Å². The van der Waals surface area contributed by atoms with Gasteiger partial charge in [0.2, 0.25) is 0 Å². The van der Waals surface area contributed by atoms with Crippen molar-refractivity contribution in [3.63, 3.8) is 0 Å². The Morgan fingerprint density at radius 3 is 2.38 bits per heavy atom. The zero-order valence-electron chi connectivity index (χ0n) is 11.3. The molecule has 0 aliphatic rings. The standard InChI is InChI=1S/C15H27N/c1-4-6-8-10-15-12-14(3)13-16(15)11-9-7-5-2/h12-13H,4-11H2,1-3H3. The normalized spacial score (nSPS) is 10.9. The Kier molecular flexibility index (Phi) is 6.29. The van der Waals surface area contributed by atoms with Crippen molar-refractivity contribution in [1.82, 2.24) is 4.57 Å². The monoisotopic (exact) mass is 221 g/mol. The van der Waals surface area contributed by atoms with Gasteiger partial charge in [-0.25, -0.2) is 0 Å². The second kappa shape index (κ2) is 7.54. The van der Waals surface area contributed by atoms with Crippen molar-refractivity contribution in [2.45, 2.75) is 72.3 Å². The third-order valence-electron chi connectivity index (χ3n) is 3.16. The van der Waals surface area contributed by atoms with Gasteiger partial charge in [0.25, 0.3) is 0 Å². The molecule has 0 aliphatic heterocycles. The molecule has 0 amide bonds. The molecule has 0 N–H and O–H groups in total. The summed E-state index contributed by atoms with van der Waals surface area (Å²) in [5.41, 5.74) is 2.96. The van der Waals surface area contributed by atoms with Crippen molar-refractivity contribution >= 4 is 0 Å². The lowest BCUT2D eigenvalue weighted by atomic mass is 10.1. The molecule has 1 aromatic heterocycles. The van der Waals surface area contributed by atoms with Gasteiger partial charge in [-0.2, -0.15) is 0 Å². The summed E-state index contributed by atoms with van der Waals surface area (Å²) in [5, 5.41) is 0. The number of rotatable bonds is 8. The van der Waals surface area contributed by atoms with Gasteiger partial charge in [-0.15, -0.1) is 0 Å². The molecule has 92 valence electrons. The van der Waals surface area contributed by atoms with Gasteiger partial charge in [0.05, 0.1) is 0 Å². The molecule has 0 atom stereocenters. The maximum atomic E-state index is 2.47. The molecule has 0 bridgehead atoms. The summed E-state index contributed by atoms with van der Waals surface area (Å²) in [6, 6.07) is 2.36. The van der Waals surface area contributed by atoms with E-state index in [1.165, 1.54) is 57.1 Å². The largest absolute Gasteiger partial charge is 0.351 e. The van der Waals surface area contributed by atoms with Crippen molar-refractivity contribution in [1.29, 1.82) is 0 Å². The summed E-state index contributed by atoms with van der Waals surface area (Å²) < 4.78 is 2.47. The topological polar surface area (TPSA) is 4.93 Å². The predicted molar refractivity (Wildman–Crippen MR) is 71.9 cm³/mol. The minimum atomic E-state index is 1.21. The molecule has 0 aromatic carbocycles. The quantitative estimate of drug-likeness (QED) is 0.560. The Balaban J connectivity index is 2.46. The highest BCUT2D eigenvalue weighted by Gasteiger charge is 2.02. The van der Waals surface area contributed by atoms with Crippen LogP contribution in [0.25, 0.3) is 0 Å². The number of aromatic nitrogens is 1. The van der Waals surface area contributed by atoms with Crippen LogP contribution in [-0.2, 0) is 13.0 Å². The molecule has 0 aliphatic carbocycles. The first kappa shape index (κ1) is 13.3. The summed E-state index contributed by atoms with van der Waals surface area (Å²) in [6.45, 7) is 7.96. The Bertz CT molecular complexity index is 258. The molecule has 0 saturated heterocycles. The van der Waals surface area contributed by atoms with Gasteiger partial charge in [0, 0.05) is 18.4 Å². The molecule has 0 fully saturated rings. The van der Waals surface area contributed by atoms with Gasteiger partial charge in [-0.05, 0) is 37.8 Å². The molecule has 0 unspecified atom stereocenters. The molecule has 0 saturated carbocycles.